The van der Waals surface area contributed by atoms with Gasteiger partial charge in [-0.15, -0.1) is 0 Å². The zero-order chi connectivity index (χ0) is 9.47. The number of nitrogens with one attached hydrogen (secondary N) is 1. The van der Waals surface area contributed by atoms with Crippen LogP contribution in [0.4, 0.5) is 0 Å². The molecule has 2 aliphatic rings. The topological polar surface area (TPSA) is 32.3 Å². The fourth-order valence-electron chi connectivity index (χ4n) is 2.40. The van der Waals surface area contributed by atoms with Gasteiger partial charge in [0.25, 0.3) is 0 Å². The molecule has 0 aromatic rings. The largest absolute Gasteiger partial charge is 0.392 e. The lowest BCUT2D eigenvalue weighted by Crippen LogP contribution is -2.37. The molecule has 2 fully saturated rings. The summed E-state index contributed by atoms with van der Waals surface area (Å²) in [6, 6.07) is 0.386. The van der Waals surface area contributed by atoms with Crippen LogP contribution < -0.4 is 5.32 Å². The third-order valence-corrected chi connectivity index (χ3v) is 3.82. The Morgan fingerprint density at radius 2 is 2.08 bits per heavy atom. The summed E-state index contributed by atoms with van der Waals surface area (Å²) in [6.07, 6.45) is 4.61. The zero-order valence-corrected chi connectivity index (χ0v) is 8.71. The molecule has 0 aromatic heterocycles. The maximum atomic E-state index is 9.59. The minimum atomic E-state index is -0.0816. The lowest BCUT2D eigenvalue weighted by atomic mass is 10.1. The maximum Gasteiger partial charge on any atom is 0.0693 e. The standard InChI is InChI=1S/C11H21NO/c1-11(2)6-8(11)7-12-9-4-3-5-10(9)13/h8-10,12-13H,3-7H2,1-2H3. The van der Waals surface area contributed by atoms with E-state index in [-0.39, 0.29) is 6.10 Å². The Labute approximate surface area is 80.7 Å². The van der Waals surface area contributed by atoms with Gasteiger partial charge in [0.05, 0.1) is 6.10 Å². The molecule has 13 heavy (non-hydrogen) atoms. The summed E-state index contributed by atoms with van der Waals surface area (Å²) in [5.41, 5.74) is 0.566. The predicted octanol–water partition coefficient (Wildman–Crippen LogP) is 1.54. The molecule has 76 valence electrons. The van der Waals surface area contributed by atoms with E-state index >= 15 is 0 Å². The van der Waals surface area contributed by atoms with Gasteiger partial charge in [0, 0.05) is 6.04 Å². The fraction of sp³-hybridized carbons (Fsp3) is 1.00. The Morgan fingerprint density at radius 1 is 1.38 bits per heavy atom. The van der Waals surface area contributed by atoms with Gasteiger partial charge in [0.2, 0.25) is 0 Å². The quantitative estimate of drug-likeness (QED) is 0.695. The number of rotatable bonds is 3. The second kappa shape index (κ2) is 3.25. The number of hydrogen-bond acceptors (Lipinski definition) is 2. The third kappa shape index (κ3) is 2.05. The summed E-state index contributed by atoms with van der Waals surface area (Å²) < 4.78 is 0. The van der Waals surface area contributed by atoms with Gasteiger partial charge in [0.15, 0.2) is 0 Å². The van der Waals surface area contributed by atoms with Gasteiger partial charge in [-0.25, -0.2) is 0 Å². The van der Waals surface area contributed by atoms with Crippen LogP contribution in [-0.4, -0.2) is 23.8 Å². The van der Waals surface area contributed by atoms with E-state index in [1.54, 1.807) is 0 Å². The van der Waals surface area contributed by atoms with E-state index in [1.165, 1.54) is 12.8 Å². The zero-order valence-electron chi connectivity index (χ0n) is 8.71. The summed E-state index contributed by atoms with van der Waals surface area (Å²) >= 11 is 0. The first kappa shape index (κ1) is 9.47. The van der Waals surface area contributed by atoms with E-state index in [2.05, 4.69) is 19.2 Å². The van der Waals surface area contributed by atoms with Gasteiger partial charge in [-0.3, -0.25) is 0 Å². The van der Waals surface area contributed by atoms with Gasteiger partial charge in [-0.2, -0.15) is 0 Å². The van der Waals surface area contributed by atoms with Crippen LogP contribution in [-0.2, 0) is 0 Å². The van der Waals surface area contributed by atoms with E-state index in [0.717, 1.165) is 25.3 Å². The molecular formula is C11H21NO. The lowest BCUT2D eigenvalue weighted by Gasteiger charge is -2.16. The van der Waals surface area contributed by atoms with Crippen LogP contribution in [0.5, 0.6) is 0 Å². The Balaban J connectivity index is 1.68. The van der Waals surface area contributed by atoms with Crippen molar-refractivity contribution in [2.75, 3.05) is 6.54 Å². The van der Waals surface area contributed by atoms with Gasteiger partial charge in [0.1, 0.15) is 0 Å². The Kier molecular flexibility index (Phi) is 2.37. The van der Waals surface area contributed by atoms with Crippen LogP contribution in [0.2, 0.25) is 0 Å². The third-order valence-electron chi connectivity index (χ3n) is 3.82. The van der Waals surface area contributed by atoms with Crippen molar-refractivity contribution < 1.29 is 5.11 Å². The summed E-state index contributed by atoms with van der Waals surface area (Å²) in [7, 11) is 0. The normalized spacial score (nSPS) is 42.2. The minimum absolute atomic E-state index is 0.0816. The van der Waals surface area contributed by atoms with E-state index in [1.807, 2.05) is 0 Å². The highest BCUT2D eigenvalue weighted by Crippen LogP contribution is 2.51. The van der Waals surface area contributed by atoms with Crippen LogP contribution in [0.1, 0.15) is 39.5 Å². The molecule has 3 unspecified atom stereocenters. The molecule has 0 saturated heterocycles. The van der Waals surface area contributed by atoms with Crippen molar-refractivity contribution in [3.05, 3.63) is 0 Å². The van der Waals surface area contributed by atoms with Crippen LogP contribution in [0, 0.1) is 11.3 Å². The minimum Gasteiger partial charge on any atom is -0.392 e. The lowest BCUT2D eigenvalue weighted by molar-refractivity contribution is 0.148. The Hall–Kier alpha value is -0.0800. The van der Waals surface area contributed by atoms with Crippen molar-refractivity contribution in [3.63, 3.8) is 0 Å². The van der Waals surface area contributed by atoms with E-state index in [9.17, 15) is 5.11 Å². The molecule has 3 atom stereocenters. The Bertz CT molecular complexity index is 191. The summed E-state index contributed by atoms with van der Waals surface area (Å²) in [5.74, 6) is 0.847. The molecule has 0 aromatic carbocycles. The van der Waals surface area contributed by atoms with Gasteiger partial charge < -0.3 is 10.4 Å². The molecule has 0 spiro atoms. The Morgan fingerprint density at radius 3 is 2.54 bits per heavy atom. The highest BCUT2D eigenvalue weighted by atomic mass is 16.3. The van der Waals surface area contributed by atoms with Crippen molar-refractivity contribution in [3.8, 4) is 0 Å². The number of aliphatic hydroxyl groups is 1. The van der Waals surface area contributed by atoms with Crippen molar-refractivity contribution >= 4 is 0 Å². The summed E-state index contributed by atoms with van der Waals surface area (Å²) in [4.78, 5) is 0. The molecule has 0 aliphatic heterocycles. The van der Waals surface area contributed by atoms with E-state index in [0.29, 0.717) is 11.5 Å². The average molecular weight is 183 g/mol. The number of aliphatic hydroxyl groups excluding tert-OH is 1. The molecule has 2 rings (SSSR count). The molecule has 2 heteroatoms. The van der Waals surface area contributed by atoms with Crippen LogP contribution in [0.3, 0.4) is 0 Å². The summed E-state index contributed by atoms with van der Waals surface area (Å²) in [6.45, 7) is 5.75. The van der Waals surface area contributed by atoms with Gasteiger partial charge in [-0.1, -0.05) is 13.8 Å². The van der Waals surface area contributed by atoms with E-state index in [4.69, 9.17) is 0 Å². The van der Waals surface area contributed by atoms with Crippen molar-refractivity contribution in [1.29, 1.82) is 0 Å². The second-order valence-corrected chi connectivity index (χ2v) is 5.40. The first-order valence-corrected chi connectivity index (χ1v) is 5.51. The SMILES string of the molecule is CC1(C)CC1CNC1CCCC1O. The smallest absolute Gasteiger partial charge is 0.0693 e. The number of hydrogen-bond donors (Lipinski definition) is 2. The predicted molar refractivity (Wildman–Crippen MR) is 53.5 cm³/mol. The summed E-state index contributed by atoms with van der Waals surface area (Å²) in [5, 5.41) is 13.1. The van der Waals surface area contributed by atoms with Crippen molar-refractivity contribution in [2.45, 2.75) is 51.7 Å². The molecule has 2 nitrogen and oxygen atoms in total. The van der Waals surface area contributed by atoms with Gasteiger partial charge in [-0.05, 0) is 43.6 Å². The maximum absolute atomic E-state index is 9.59. The molecule has 2 N–H and O–H groups in total. The van der Waals surface area contributed by atoms with Crippen LogP contribution >= 0.6 is 0 Å². The molecule has 0 amide bonds. The molecule has 2 aliphatic carbocycles. The molecule has 0 bridgehead atoms. The molecule has 0 radical (unpaired) electrons. The first-order chi connectivity index (χ1) is 6.09. The first-order valence-electron chi connectivity index (χ1n) is 5.51. The van der Waals surface area contributed by atoms with Gasteiger partial charge >= 0.3 is 0 Å². The average Bonchev–Trinajstić information content (AvgIpc) is 2.47. The highest BCUT2D eigenvalue weighted by Gasteiger charge is 2.45. The van der Waals surface area contributed by atoms with Crippen molar-refractivity contribution in [2.24, 2.45) is 11.3 Å². The fourth-order valence-corrected chi connectivity index (χ4v) is 2.40. The molecular weight excluding hydrogens is 162 g/mol. The highest BCUT2D eigenvalue weighted by molar-refractivity contribution is 4.97. The van der Waals surface area contributed by atoms with Crippen LogP contribution in [0.15, 0.2) is 0 Å². The van der Waals surface area contributed by atoms with E-state index < -0.39 is 0 Å². The second-order valence-electron chi connectivity index (χ2n) is 5.40. The molecule has 2 saturated carbocycles. The van der Waals surface area contributed by atoms with Crippen molar-refractivity contribution in [1.82, 2.24) is 5.32 Å². The monoisotopic (exact) mass is 183 g/mol. The molecule has 0 heterocycles. The van der Waals surface area contributed by atoms with Crippen LogP contribution in [0.25, 0.3) is 0 Å².